The SMILES string of the molecule is CCC(N)Cc1c(C)nn(C)c1N1CCCC1C(C)C. The van der Waals surface area contributed by atoms with E-state index >= 15 is 0 Å². The van der Waals surface area contributed by atoms with Gasteiger partial charge in [-0.1, -0.05) is 20.8 Å². The Hall–Kier alpha value is -1.03. The number of nitrogens with zero attached hydrogens (tertiary/aromatic N) is 3. The average Bonchev–Trinajstić information content (AvgIpc) is 2.95. The molecule has 1 aromatic rings. The van der Waals surface area contributed by atoms with Crippen LogP contribution in [0.3, 0.4) is 0 Å². The van der Waals surface area contributed by atoms with Crippen LogP contribution in [0, 0.1) is 12.8 Å². The molecular weight excluding hydrogens is 248 g/mol. The van der Waals surface area contributed by atoms with Crippen molar-refractivity contribution in [3.8, 4) is 0 Å². The predicted octanol–water partition coefficient (Wildman–Crippen LogP) is 2.63. The molecule has 1 aromatic heterocycles. The van der Waals surface area contributed by atoms with Crippen LogP contribution >= 0.6 is 0 Å². The highest BCUT2D eigenvalue weighted by molar-refractivity contribution is 5.52. The molecule has 0 radical (unpaired) electrons. The summed E-state index contributed by atoms with van der Waals surface area (Å²) in [6.07, 6.45) is 4.53. The number of aromatic nitrogens is 2. The Bertz CT molecular complexity index is 450. The first-order valence-electron chi connectivity index (χ1n) is 8.00. The maximum atomic E-state index is 6.19. The fourth-order valence-electron chi connectivity index (χ4n) is 3.44. The molecule has 1 aliphatic heterocycles. The largest absolute Gasteiger partial charge is 0.353 e. The summed E-state index contributed by atoms with van der Waals surface area (Å²) in [6, 6.07) is 0.873. The molecule has 0 amide bonds. The molecular formula is C16H30N4. The van der Waals surface area contributed by atoms with Gasteiger partial charge in [-0.2, -0.15) is 5.10 Å². The van der Waals surface area contributed by atoms with E-state index in [0.29, 0.717) is 12.0 Å². The fraction of sp³-hybridized carbons (Fsp3) is 0.812. The van der Waals surface area contributed by atoms with Gasteiger partial charge in [-0.25, -0.2) is 0 Å². The summed E-state index contributed by atoms with van der Waals surface area (Å²) in [5.41, 5.74) is 8.69. The second kappa shape index (κ2) is 6.17. The van der Waals surface area contributed by atoms with Crippen LogP contribution in [0.5, 0.6) is 0 Å². The Morgan fingerprint density at radius 3 is 2.70 bits per heavy atom. The highest BCUT2D eigenvalue weighted by Gasteiger charge is 2.31. The molecule has 1 saturated heterocycles. The van der Waals surface area contributed by atoms with Gasteiger partial charge < -0.3 is 10.6 Å². The van der Waals surface area contributed by atoms with E-state index in [1.165, 1.54) is 24.2 Å². The Labute approximate surface area is 123 Å². The van der Waals surface area contributed by atoms with Gasteiger partial charge in [0.1, 0.15) is 5.82 Å². The highest BCUT2D eigenvalue weighted by atomic mass is 15.4. The first-order valence-corrected chi connectivity index (χ1v) is 8.00. The Balaban J connectivity index is 2.35. The normalized spacial score (nSPS) is 20.9. The molecule has 1 aliphatic rings. The summed E-state index contributed by atoms with van der Waals surface area (Å²) in [7, 11) is 2.07. The second-order valence-corrected chi connectivity index (χ2v) is 6.53. The molecule has 2 rings (SSSR count). The highest BCUT2D eigenvalue weighted by Crippen LogP contribution is 2.33. The Morgan fingerprint density at radius 2 is 2.10 bits per heavy atom. The Morgan fingerprint density at radius 1 is 1.40 bits per heavy atom. The third-order valence-corrected chi connectivity index (χ3v) is 4.64. The van der Waals surface area contributed by atoms with Crippen LogP contribution in [0.4, 0.5) is 5.82 Å². The molecule has 2 heterocycles. The molecule has 0 bridgehead atoms. The van der Waals surface area contributed by atoms with Crippen molar-refractivity contribution in [1.29, 1.82) is 0 Å². The van der Waals surface area contributed by atoms with Crippen LogP contribution in [0.25, 0.3) is 0 Å². The molecule has 0 aliphatic carbocycles. The molecule has 20 heavy (non-hydrogen) atoms. The topological polar surface area (TPSA) is 47.1 Å². The zero-order valence-electron chi connectivity index (χ0n) is 13.7. The first kappa shape index (κ1) is 15.4. The van der Waals surface area contributed by atoms with E-state index in [4.69, 9.17) is 5.73 Å². The van der Waals surface area contributed by atoms with Gasteiger partial charge in [-0.3, -0.25) is 4.68 Å². The quantitative estimate of drug-likeness (QED) is 0.900. The van der Waals surface area contributed by atoms with E-state index in [2.05, 4.69) is 49.4 Å². The second-order valence-electron chi connectivity index (χ2n) is 6.53. The molecule has 4 heteroatoms. The monoisotopic (exact) mass is 278 g/mol. The molecule has 0 spiro atoms. The number of rotatable bonds is 5. The lowest BCUT2D eigenvalue weighted by Gasteiger charge is -2.30. The minimum Gasteiger partial charge on any atom is -0.353 e. The van der Waals surface area contributed by atoms with E-state index < -0.39 is 0 Å². The molecule has 2 unspecified atom stereocenters. The lowest BCUT2D eigenvalue weighted by Crippen LogP contribution is -2.36. The van der Waals surface area contributed by atoms with Crippen LogP contribution in [0.15, 0.2) is 0 Å². The van der Waals surface area contributed by atoms with Crippen LogP contribution in [-0.2, 0) is 13.5 Å². The summed E-state index contributed by atoms with van der Waals surface area (Å²) in [4.78, 5) is 2.57. The summed E-state index contributed by atoms with van der Waals surface area (Å²) < 4.78 is 2.06. The molecule has 2 atom stereocenters. The molecule has 0 aromatic carbocycles. The summed E-state index contributed by atoms with van der Waals surface area (Å²) in [5, 5.41) is 4.66. The number of hydrogen-bond acceptors (Lipinski definition) is 3. The predicted molar refractivity (Wildman–Crippen MR) is 85.1 cm³/mol. The van der Waals surface area contributed by atoms with Gasteiger partial charge in [0, 0.05) is 31.2 Å². The fourth-order valence-corrected chi connectivity index (χ4v) is 3.44. The lowest BCUT2D eigenvalue weighted by molar-refractivity contribution is 0.483. The smallest absolute Gasteiger partial charge is 0.130 e. The average molecular weight is 278 g/mol. The number of hydrogen-bond donors (Lipinski definition) is 1. The van der Waals surface area contributed by atoms with Crippen molar-refractivity contribution in [3.05, 3.63) is 11.3 Å². The van der Waals surface area contributed by atoms with E-state index in [1.54, 1.807) is 0 Å². The summed E-state index contributed by atoms with van der Waals surface area (Å²) in [6.45, 7) is 10.1. The molecule has 0 saturated carbocycles. The molecule has 2 N–H and O–H groups in total. The van der Waals surface area contributed by atoms with Gasteiger partial charge in [-0.15, -0.1) is 0 Å². The van der Waals surface area contributed by atoms with E-state index in [0.717, 1.165) is 25.1 Å². The summed E-state index contributed by atoms with van der Waals surface area (Å²) >= 11 is 0. The zero-order valence-corrected chi connectivity index (χ0v) is 13.7. The van der Waals surface area contributed by atoms with E-state index in [1.807, 2.05) is 0 Å². The van der Waals surface area contributed by atoms with Crippen LogP contribution in [0.2, 0.25) is 0 Å². The van der Waals surface area contributed by atoms with Gasteiger partial charge >= 0.3 is 0 Å². The van der Waals surface area contributed by atoms with Crippen molar-refractivity contribution >= 4 is 5.82 Å². The minimum absolute atomic E-state index is 0.233. The molecule has 114 valence electrons. The minimum atomic E-state index is 0.233. The Kier molecular flexibility index (Phi) is 4.74. The van der Waals surface area contributed by atoms with Gasteiger partial charge in [-0.05, 0) is 38.5 Å². The van der Waals surface area contributed by atoms with E-state index in [-0.39, 0.29) is 6.04 Å². The molecule has 4 nitrogen and oxygen atoms in total. The van der Waals surface area contributed by atoms with Crippen molar-refractivity contribution in [1.82, 2.24) is 9.78 Å². The third-order valence-electron chi connectivity index (χ3n) is 4.64. The third kappa shape index (κ3) is 2.85. The van der Waals surface area contributed by atoms with Crippen molar-refractivity contribution in [2.75, 3.05) is 11.4 Å². The first-order chi connectivity index (χ1) is 9.45. The van der Waals surface area contributed by atoms with Crippen molar-refractivity contribution in [2.24, 2.45) is 18.7 Å². The standard InChI is InChI=1S/C16H30N4/c1-6-13(17)10-14-12(4)18-19(5)16(14)20-9-7-8-15(20)11(2)3/h11,13,15H,6-10,17H2,1-5H3. The van der Waals surface area contributed by atoms with Gasteiger partial charge in [0.2, 0.25) is 0 Å². The van der Waals surface area contributed by atoms with Gasteiger partial charge in [0.25, 0.3) is 0 Å². The van der Waals surface area contributed by atoms with Gasteiger partial charge in [0.05, 0.1) is 5.69 Å². The maximum absolute atomic E-state index is 6.19. The van der Waals surface area contributed by atoms with Crippen molar-refractivity contribution in [3.63, 3.8) is 0 Å². The number of nitrogens with two attached hydrogens (primary N) is 1. The van der Waals surface area contributed by atoms with Crippen LogP contribution in [0.1, 0.15) is 51.3 Å². The lowest BCUT2D eigenvalue weighted by atomic mass is 10.0. The van der Waals surface area contributed by atoms with Gasteiger partial charge in [0.15, 0.2) is 0 Å². The summed E-state index contributed by atoms with van der Waals surface area (Å²) in [5.74, 6) is 1.99. The number of aryl methyl sites for hydroxylation is 2. The van der Waals surface area contributed by atoms with Crippen LogP contribution in [-0.4, -0.2) is 28.4 Å². The van der Waals surface area contributed by atoms with Crippen molar-refractivity contribution < 1.29 is 0 Å². The maximum Gasteiger partial charge on any atom is 0.130 e. The van der Waals surface area contributed by atoms with Crippen molar-refractivity contribution in [2.45, 2.75) is 65.5 Å². The van der Waals surface area contributed by atoms with Crippen LogP contribution < -0.4 is 10.6 Å². The zero-order chi connectivity index (χ0) is 14.9. The van der Waals surface area contributed by atoms with E-state index in [9.17, 15) is 0 Å². The molecule has 1 fully saturated rings. The number of anilines is 1.